The summed E-state index contributed by atoms with van der Waals surface area (Å²) in [6.07, 6.45) is 5.12. The second-order valence-corrected chi connectivity index (χ2v) is 6.02. The zero-order valence-corrected chi connectivity index (χ0v) is 12.8. The normalized spacial score (nSPS) is 21.2. The number of nitrogens with zero attached hydrogens (tertiary/aromatic N) is 3. The van der Waals surface area contributed by atoms with Crippen molar-refractivity contribution < 1.29 is 0 Å². The molecule has 1 saturated heterocycles. The Morgan fingerprint density at radius 1 is 1.25 bits per heavy atom. The van der Waals surface area contributed by atoms with Crippen LogP contribution < -0.4 is 0 Å². The van der Waals surface area contributed by atoms with Gasteiger partial charge in [-0.3, -0.25) is 9.58 Å². The van der Waals surface area contributed by atoms with Crippen molar-refractivity contribution in [1.29, 1.82) is 0 Å². The second-order valence-electron chi connectivity index (χ2n) is 5.72. The Labute approximate surface area is 125 Å². The van der Waals surface area contributed by atoms with Crippen LogP contribution in [0.3, 0.4) is 0 Å². The Kier molecular flexibility index (Phi) is 4.27. The number of aromatic nitrogens is 2. The maximum Gasteiger partial charge on any atom is 0.0843 e. The molecule has 0 radical (unpaired) electrons. The summed E-state index contributed by atoms with van der Waals surface area (Å²) in [5, 5.41) is 5.99. The molecule has 1 unspecified atom stereocenters. The van der Waals surface area contributed by atoms with Gasteiger partial charge in [0.1, 0.15) is 0 Å². The fourth-order valence-corrected chi connectivity index (χ4v) is 3.57. The number of aryl methyl sites for hydroxylation is 1. The summed E-state index contributed by atoms with van der Waals surface area (Å²) in [5.74, 6) is 0.727. The number of benzene rings is 1. The Morgan fingerprint density at radius 2 is 2.10 bits per heavy atom. The molecule has 108 valence electrons. The van der Waals surface area contributed by atoms with Gasteiger partial charge in [-0.1, -0.05) is 31.0 Å². The van der Waals surface area contributed by atoms with Crippen LogP contribution in [-0.2, 0) is 13.6 Å². The van der Waals surface area contributed by atoms with Crippen LogP contribution in [0.4, 0.5) is 0 Å². The van der Waals surface area contributed by atoms with E-state index in [4.69, 9.17) is 16.7 Å². The van der Waals surface area contributed by atoms with E-state index in [1.807, 2.05) is 11.7 Å². The van der Waals surface area contributed by atoms with Gasteiger partial charge in [0.15, 0.2) is 0 Å². The van der Waals surface area contributed by atoms with Gasteiger partial charge in [-0.15, -0.1) is 11.6 Å². The molecular formula is C16H22ClN3. The van der Waals surface area contributed by atoms with Crippen LogP contribution in [-0.4, -0.2) is 33.1 Å². The van der Waals surface area contributed by atoms with E-state index in [1.54, 1.807) is 0 Å². The number of hydrogen-bond acceptors (Lipinski definition) is 2. The van der Waals surface area contributed by atoms with E-state index in [-0.39, 0.29) is 0 Å². The van der Waals surface area contributed by atoms with Crippen LogP contribution in [0.25, 0.3) is 10.9 Å². The molecule has 3 nitrogen and oxygen atoms in total. The molecule has 0 aliphatic carbocycles. The minimum Gasteiger partial charge on any atom is -0.293 e. The topological polar surface area (TPSA) is 21.1 Å². The third-order valence-corrected chi connectivity index (χ3v) is 4.72. The molecule has 0 amide bonds. The van der Waals surface area contributed by atoms with E-state index in [0.29, 0.717) is 6.04 Å². The van der Waals surface area contributed by atoms with E-state index < -0.39 is 0 Å². The molecule has 0 bridgehead atoms. The summed E-state index contributed by atoms with van der Waals surface area (Å²) in [6, 6.07) is 8.97. The fourth-order valence-electron chi connectivity index (χ4n) is 3.22. The van der Waals surface area contributed by atoms with Gasteiger partial charge in [0, 0.05) is 30.9 Å². The van der Waals surface area contributed by atoms with Crippen molar-refractivity contribution in [1.82, 2.24) is 14.7 Å². The lowest BCUT2D eigenvalue weighted by molar-refractivity contribution is 0.205. The number of para-hydroxylation sites is 1. The third-order valence-electron chi connectivity index (χ3n) is 4.36. The van der Waals surface area contributed by atoms with Crippen molar-refractivity contribution in [3.63, 3.8) is 0 Å². The van der Waals surface area contributed by atoms with Crippen LogP contribution in [0.2, 0.25) is 0 Å². The van der Waals surface area contributed by atoms with Crippen LogP contribution in [0, 0.1) is 0 Å². The van der Waals surface area contributed by atoms with Crippen molar-refractivity contribution >= 4 is 22.5 Å². The smallest absolute Gasteiger partial charge is 0.0843 e. The van der Waals surface area contributed by atoms with E-state index in [9.17, 15) is 0 Å². The number of alkyl halides is 1. The van der Waals surface area contributed by atoms with E-state index in [2.05, 4.69) is 29.2 Å². The first-order valence-corrected chi connectivity index (χ1v) is 8.03. The van der Waals surface area contributed by atoms with Crippen LogP contribution in [0.5, 0.6) is 0 Å². The van der Waals surface area contributed by atoms with Gasteiger partial charge in [-0.25, -0.2) is 0 Å². The molecule has 0 saturated carbocycles. The predicted octanol–water partition coefficient (Wildman–Crippen LogP) is 3.56. The Bertz CT molecular complexity index is 578. The average Bonchev–Trinajstić information content (AvgIpc) is 2.64. The first-order valence-electron chi connectivity index (χ1n) is 7.50. The molecule has 1 atom stereocenters. The lowest BCUT2D eigenvalue weighted by atomic mass is 10.1. The van der Waals surface area contributed by atoms with Crippen LogP contribution in [0.15, 0.2) is 24.3 Å². The summed E-state index contributed by atoms with van der Waals surface area (Å²) in [7, 11) is 2.02. The maximum atomic E-state index is 6.17. The predicted molar refractivity (Wildman–Crippen MR) is 84.1 cm³/mol. The van der Waals surface area contributed by atoms with Crippen molar-refractivity contribution in [2.45, 2.75) is 38.3 Å². The average molecular weight is 292 g/mol. The molecule has 20 heavy (non-hydrogen) atoms. The maximum absolute atomic E-state index is 6.17. The van der Waals surface area contributed by atoms with Gasteiger partial charge in [-0.2, -0.15) is 5.10 Å². The molecule has 1 fully saturated rings. The molecular weight excluding hydrogens is 270 g/mol. The van der Waals surface area contributed by atoms with Gasteiger partial charge < -0.3 is 0 Å². The van der Waals surface area contributed by atoms with Gasteiger partial charge in [-0.05, 0) is 25.5 Å². The minimum atomic E-state index is 0.500. The molecule has 0 spiro atoms. The molecule has 4 heteroatoms. The molecule has 2 heterocycles. The zero-order valence-electron chi connectivity index (χ0n) is 12.1. The van der Waals surface area contributed by atoms with E-state index in [1.165, 1.54) is 42.3 Å². The third kappa shape index (κ3) is 2.70. The summed E-state index contributed by atoms with van der Waals surface area (Å²) >= 11 is 6.17. The van der Waals surface area contributed by atoms with Gasteiger partial charge in [0.2, 0.25) is 0 Å². The Morgan fingerprint density at radius 3 is 2.95 bits per heavy atom. The number of likely N-dealkylation sites (tertiary alicyclic amines) is 1. The molecule has 1 aromatic heterocycles. The van der Waals surface area contributed by atoms with Crippen molar-refractivity contribution in [2.75, 3.05) is 12.4 Å². The standard InChI is InChI=1S/C16H22ClN3/c1-19-16-9-5-4-8-14(16)15(18-19)12-20-10-6-2-3-7-13(20)11-17/h4-5,8-9,13H,2-3,6-7,10-12H2,1H3. The largest absolute Gasteiger partial charge is 0.293 e. The number of rotatable bonds is 3. The highest BCUT2D eigenvalue weighted by atomic mass is 35.5. The highest BCUT2D eigenvalue weighted by Crippen LogP contribution is 2.23. The number of fused-ring (bicyclic) bond motifs is 1. The molecule has 1 aliphatic rings. The van der Waals surface area contributed by atoms with Crippen LogP contribution >= 0.6 is 11.6 Å². The SMILES string of the molecule is Cn1nc(CN2CCCCCC2CCl)c2ccccc21. The lowest BCUT2D eigenvalue weighted by Crippen LogP contribution is -2.35. The van der Waals surface area contributed by atoms with Gasteiger partial charge >= 0.3 is 0 Å². The molecule has 1 aromatic carbocycles. The zero-order chi connectivity index (χ0) is 13.9. The highest BCUT2D eigenvalue weighted by molar-refractivity contribution is 6.18. The van der Waals surface area contributed by atoms with E-state index in [0.717, 1.165) is 19.0 Å². The quantitative estimate of drug-likeness (QED) is 0.806. The van der Waals surface area contributed by atoms with Gasteiger partial charge in [0.25, 0.3) is 0 Å². The second kappa shape index (κ2) is 6.15. The van der Waals surface area contributed by atoms with Crippen LogP contribution in [0.1, 0.15) is 31.4 Å². The Hall–Kier alpha value is -1.06. The first-order chi connectivity index (χ1) is 9.79. The van der Waals surface area contributed by atoms with Crippen molar-refractivity contribution in [2.24, 2.45) is 7.05 Å². The Balaban J connectivity index is 1.87. The molecule has 0 N–H and O–H groups in total. The van der Waals surface area contributed by atoms with Crippen molar-refractivity contribution in [3.8, 4) is 0 Å². The van der Waals surface area contributed by atoms with Crippen molar-refractivity contribution in [3.05, 3.63) is 30.0 Å². The number of hydrogen-bond donors (Lipinski definition) is 0. The monoisotopic (exact) mass is 291 g/mol. The molecule has 1 aliphatic heterocycles. The first kappa shape index (κ1) is 13.9. The molecule has 3 rings (SSSR count). The van der Waals surface area contributed by atoms with Gasteiger partial charge in [0.05, 0.1) is 11.2 Å². The summed E-state index contributed by atoms with van der Waals surface area (Å²) < 4.78 is 1.98. The minimum absolute atomic E-state index is 0.500. The molecule has 2 aromatic rings. The highest BCUT2D eigenvalue weighted by Gasteiger charge is 2.22. The summed E-state index contributed by atoms with van der Waals surface area (Å²) in [5.41, 5.74) is 2.39. The summed E-state index contributed by atoms with van der Waals surface area (Å²) in [6.45, 7) is 2.06. The van der Waals surface area contributed by atoms with E-state index >= 15 is 0 Å². The number of halogens is 1. The lowest BCUT2D eigenvalue weighted by Gasteiger charge is -2.27. The summed E-state index contributed by atoms with van der Waals surface area (Å²) in [4.78, 5) is 2.52. The fraction of sp³-hybridized carbons (Fsp3) is 0.562.